The lowest BCUT2D eigenvalue weighted by molar-refractivity contribution is -0.117. The van der Waals surface area contributed by atoms with Crippen LogP contribution >= 0.6 is 0 Å². The highest BCUT2D eigenvalue weighted by Gasteiger charge is 2.29. The molecule has 0 aliphatic heterocycles. The lowest BCUT2D eigenvalue weighted by Gasteiger charge is -2.10. The second-order valence-electron chi connectivity index (χ2n) is 7.62. The van der Waals surface area contributed by atoms with E-state index >= 15 is 0 Å². The third-order valence-corrected chi connectivity index (χ3v) is 5.22. The van der Waals surface area contributed by atoms with Crippen molar-refractivity contribution in [3.63, 3.8) is 0 Å². The van der Waals surface area contributed by atoms with E-state index in [-0.39, 0.29) is 17.7 Å². The molecule has 0 atom stereocenters. The molecule has 0 saturated heterocycles. The predicted molar refractivity (Wildman–Crippen MR) is 120 cm³/mol. The summed E-state index contributed by atoms with van der Waals surface area (Å²) in [5, 5.41) is 9.98. The van der Waals surface area contributed by atoms with Gasteiger partial charge in [0.15, 0.2) is 0 Å². The molecule has 1 aromatic heterocycles. The molecule has 1 aliphatic rings. The van der Waals surface area contributed by atoms with Crippen molar-refractivity contribution in [3.05, 3.63) is 71.5 Å². The van der Waals surface area contributed by atoms with Crippen LogP contribution in [-0.4, -0.2) is 34.2 Å². The highest BCUT2D eigenvalue weighted by Crippen LogP contribution is 2.30. The molecule has 0 bridgehead atoms. The normalized spacial score (nSPS) is 12.8. The van der Waals surface area contributed by atoms with Gasteiger partial charge in [0.2, 0.25) is 5.91 Å². The first-order valence-electron chi connectivity index (χ1n) is 10.5. The Bertz CT molecular complexity index is 1160. The molecule has 1 fully saturated rings. The number of nitrogens with one attached hydrogen (secondary N) is 2. The minimum absolute atomic E-state index is 0.0177. The van der Waals surface area contributed by atoms with Crippen molar-refractivity contribution in [2.75, 3.05) is 17.2 Å². The molecule has 3 aromatic rings. The molecule has 8 nitrogen and oxygen atoms in total. The van der Waals surface area contributed by atoms with E-state index in [0.717, 1.165) is 18.5 Å². The average molecular weight is 432 g/mol. The monoisotopic (exact) mass is 432 g/mol. The van der Waals surface area contributed by atoms with Gasteiger partial charge in [-0.05, 0) is 69.2 Å². The average Bonchev–Trinajstić information content (AvgIpc) is 3.56. The summed E-state index contributed by atoms with van der Waals surface area (Å²) in [6.07, 6.45) is 3.34. The van der Waals surface area contributed by atoms with Crippen molar-refractivity contribution in [1.29, 1.82) is 0 Å². The maximum absolute atomic E-state index is 12.7. The maximum Gasteiger partial charge on any atom is 0.341 e. The second kappa shape index (κ2) is 9.05. The number of hydrogen-bond donors (Lipinski definition) is 2. The van der Waals surface area contributed by atoms with Gasteiger partial charge >= 0.3 is 5.97 Å². The number of carbonyl (C=O) groups excluding carboxylic acids is 3. The Hall–Kier alpha value is -3.94. The predicted octanol–water partition coefficient (Wildman–Crippen LogP) is 3.96. The van der Waals surface area contributed by atoms with Crippen molar-refractivity contribution in [3.8, 4) is 5.69 Å². The number of carbonyl (C=O) groups is 3. The van der Waals surface area contributed by atoms with Crippen molar-refractivity contribution >= 4 is 29.2 Å². The number of rotatable bonds is 7. The standard InChI is InChI=1S/C24H24N4O4/c1-3-32-24(31)21-14-25-28(15(21)2)20-11-9-17(10-12-20)23(30)27-19-6-4-5-18(13-19)26-22(29)16-7-8-16/h4-6,9-14,16H,3,7-8H2,1-2H3,(H,26,29)(H,27,30). The SMILES string of the molecule is CCOC(=O)c1cnn(-c2ccc(C(=O)Nc3cccc(NC(=O)C4CC4)c3)cc2)c1C. The Balaban J connectivity index is 1.44. The van der Waals surface area contributed by atoms with Gasteiger partial charge in [-0.15, -0.1) is 0 Å². The Morgan fingerprint density at radius 3 is 2.41 bits per heavy atom. The van der Waals surface area contributed by atoms with Gasteiger partial charge in [0, 0.05) is 22.9 Å². The quantitative estimate of drug-likeness (QED) is 0.550. The third kappa shape index (κ3) is 4.69. The minimum Gasteiger partial charge on any atom is -0.462 e. The summed E-state index contributed by atoms with van der Waals surface area (Å²) in [6, 6.07) is 14.0. The van der Waals surface area contributed by atoms with Gasteiger partial charge in [-0.3, -0.25) is 9.59 Å². The molecule has 2 aromatic carbocycles. The largest absolute Gasteiger partial charge is 0.462 e. The lowest BCUT2D eigenvalue weighted by Crippen LogP contribution is -2.15. The molecule has 4 rings (SSSR count). The van der Waals surface area contributed by atoms with Crippen LogP contribution in [0.5, 0.6) is 0 Å². The van der Waals surface area contributed by atoms with E-state index in [0.29, 0.717) is 34.8 Å². The molecule has 0 spiro atoms. The molecule has 0 unspecified atom stereocenters. The van der Waals surface area contributed by atoms with E-state index in [4.69, 9.17) is 4.74 Å². The van der Waals surface area contributed by atoms with Gasteiger partial charge in [-0.25, -0.2) is 9.48 Å². The third-order valence-electron chi connectivity index (χ3n) is 5.22. The first-order chi connectivity index (χ1) is 15.5. The van der Waals surface area contributed by atoms with Gasteiger partial charge in [-0.2, -0.15) is 5.10 Å². The first kappa shape index (κ1) is 21.3. The number of aromatic nitrogens is 2. The van der Waals surface area contributed by atoms with E-state index in [1.54, 1.807) is 67.1 Å². The molecular weight excluding hydrogens is 408 g/mol. The van der Waals surface area contributed by atoms with Crippen molar-refractivity contribution in [2.24, 2.45) is 5.92 Å². The van der Waals surface area contributed by atoms with Gasteiger partial charge in [0.1, 0.15) is 5.56 Å². The summed E-state index contributed by atoms with van der Waals surface area (Å²) < 4.78 is 6.67. The van der Waals surface area contributed by atoms with Gasteiger partial charge in [-0.1, -0.05) is 6.07 Å². The van der Waals surface area contributed by atoms with Gasteiger partial charge in [0.05, 0.1) is 24.2 Å². The number of ether oxygens (including phenoxy) is 1. The maximum atomic E-state index is 12.7. The van der Waals surface area contributed by atoms with E-state index < -0.39 is 5.97 Å². The molecule has 1 heterocycles. The number of benzene rings is 2. The van der Waals surface area contributed by atoms with E-state index in [9.17, 15) is 14.4 Å². The fourth-order valence-electron chi connectivity index (χ4n) is 3.30. The van der Waals surface area contributed by atoms with Crippen LogP contribution in [0.15, 0.2) is 54.7 Å². The van der Waals surface area contributed by atoms with Crippen LogP contribution in [0.2, 0.25) is 0 Å². The molecule has 8 heteroatoms. The number of amides is 2. The van der Waals surface area contributed by atoms with Crippen LogP contribution in [0.25, 0.3) is 5.69 Å². The van der Waals surface area contributed by atoms with Crippen LogP contribution in [0.1, 0.15) is 46.2 Å². The number of hydrogen-bond acceptors (Lipinski definition) is 5. The molecule has 1 aliphatic carbocycles. The molecule has 2 amide bonds. The number of anilines is 2. The highest BCUT2D eigenvalue weighted by atomic mass is 16.5. The Morgan fingerprint density at radius 2 is 1.75 bits per heavy atom. The number of nitrogens with zero attached hydrogens (tertiary/aromatic N) is 2. The topological polar surface area (TPSA) is 102 Å². The Kier molecular flexibility index (Phi) is 6.02. The van der Waals surface area contributed by atoms with Crippen LogP contribution in [0.3, 0.4) is 0 Å². The fourth-order valence-corrected chi connectivity index (χ4v) is 3.30. The van der Waals surface area contributed by atoms with Gasteiger partial charge in [0.25, 0.3) is 5.91 Å². The van der Waals surface area contributed by atoms with E-state index in [1.165, 1.54) is 6.20 Å². The van der Waals surface area contributed by atoms with Crippen LogP contribution in [0.4, 0.5) is 11.4 Å². The Labute approximate surface area is 185 Å². The van der Waals surface area contributed by atoms with Crippen molar-refractivity contribution in [2.45, 2.75) is 26.7 Å². The van der Waals surface area contributed by atoms with Crippen LogP contribution in [0, 0.1) is 12.8 Å². The molecule has 164 valence electrons. The summed E-state index contributed by atoms with van der Waals surface area (Å²) in [5.41, 5.74) is 3.50. The van der Waals surface area contributed by atoms with E-state index in [2.05, 4.69) is 15.7 Å². The zero-order valence-electron chi connectivity index (χ0n) is 17.9. The van der Waals surface area contributed by atoms with Crippen LogP contribution < -0.4 is 10.6 Å². The smallest absolute Gasteiger partial charge is 0.341 e. The summed E-state index contributed by atoms with van der Waals surface area (Å²) in [6.45, 7) is 3.83. The van der Waals surface area contributed by atoms with Crippen LogP contribution in [-0.2, 0) is 9.53 Å². The highest BCUT2D eigenvalue weighted by molar-refractivity contribution is 6.05. The molecular formula is C24H24N4O4. The summed E-state index contributed by atoms with van der Waals surface area (Å²) >= 11 is 0. The molecule has 1 saturated carbocycles. The minimum atomic E-state index is -0.414. The summed E-state index contributed by atoms with van der Waals surface area (Å²) in [4.78, 5) is 36.6. The summed E-state index contributed by atoms with van der Waals surface area (Å²) in [5.74, 6) is -0.558. The fraction of sp³-hybridized carbons (Fsp3) is 0.250. The second-order valence-corrected chi connectivity index (χ2v) is 7.62. The molecule has 0 radical (unpaired) electrons. The van der Waals surface area contributed by atoms with E-state index in [1.807, 2.05) is 0 Å². The van der Waals surface area contributed by atoms with Gasteiger partial charge < -0.3 is 15.4 Å². The lowest BCUT2D eigenvalue weighted by atomic mass is 10.1. The molecule has 2 N–H and O–H groups in total. The Morgan fingerprint density at radius 1 is 1.06 bits per heavy atom. The zero-order valence-corrected chi connectivity index (χ0v) is 17.9. The summed E-state index contributed by atoms with van der Waals surface area (Å²) in [7, 11) is 0. The number of esters is 1. The first-order valence-corrected chi connectivity index (χ1v) is 10.5. The molecule has 32 heavy (non-hydrogen) atoms. The van der Waals surface area contributed by atoms with Crippen molar-refractivity contribution < 1.29 is 19.1 Å². The zero-order chi connectivity index (χ0) is 22.7. The van der Waals surface area contributed by atoms with Crippen molar-refractivity contribution in [1.82, 2.24) is 9.78 Å².